The van der Waals surface area contributed by atoms with E-state index in [0.29, 0.717) is 5.92 Å². The number of carbonyl (C=O) groups excluding carboxylic acids is 1. The van der Waals surface area contributed by atoms with Crippen LogP contribution in [0.2, 0.25) is 0 Å². The van der Waals surface area contributed by atoms with Crippen LogP contribution in [-0.4, -0.2) is 24.5 Å². The van der Waals surface area contributed by atoms with Gasteiger partial charge in [0, 0.05) is 11.0 Å². The van der Waals surface area contributed by atoms with E-state index in [0.717, 1.165) is 32.4 Å². The molecule has 2 fully saturated rings. The number of amides is 1. The van der Waals surface area contributed by atoms with Crippen molar-refractivity contribution in [1.82, 2.24) is 10.6 Å². The van der Waals surface area contributed by atoms with Crippen molar-refractivity contribution in [2.45, 2.75) is 64.8 Å². The molecule has 1 heterocycles. The van der Waals surface area contributed by atoms with Crippen LogP contribution in [0.15, 0.2) is 0 Å². The van der Waals surface area contributed by atoms with Crippen LogP contribution >= 0.6 is 0 Å². The molecule has 2 aliphatic rings. The first-order valence-electron chi connectivity index (χ1n) is 7.53. The number of piperidine rings is 1. The lowest BCUT2D eigenvalue weighted by molar-refractivity contribution is -0.136. The third kappa shape index (κ3) is 2.56. The van der Waals surface area contributed by atoms with Crippen LogP contribution < -0.4 is 10.6 Å². The Morgan fingerprint density at radius 3 is 2.56 bits per heavy atom. The van der Waals surface area contributed by atoms with E-state index in [1.807, 2.05) is 0 Å². The van der Waals surface area contributed by atoms with E-state index in [1.54, 1.807) is 0 Å². The Bertz CT molecular complexity index is 296. The molecule has 1 aliphatic heterocycles. The Hall–Kier alpha value is -0.570. The van der Waals surface area contributed by atoms with Crippen molar-refractivity contribution in [2.75, 3.05) is 13.1 Å². The second kappa shape index (κ2) is 5.20. The molecule has 104 valence electrons. The summed E-state index contributed by atoms with van der Waals surface area (Å²) in [6.07, 6.45) is 7.02. The van der Waals surface area contributed by atoms with Crippen molar-refractivity contribution in [1.29, 1.82) is 0 Å². The quantitative estimate of drug-likeness (QED) is 0.807. The summed E-state index contributed by atoms with van der Waals surface area (Å²) < 4.78 is 0. The summed E-state index contributed by atoms with van der Waals surface area (Å²) in [7, 11) is 0. The largest absolute Gasteiger partial charge is 0.350 e. The highest BCUT2D eigenvalue weighted by Gasteiger charge is 2.43. The van der Waals surface area contributed by atoms with Gasteiger partial charge in [0.25, 0.3) is 0 Å². The average molecular weight is 252 g/mol. The molecule has 0 bridgehead atoms. The zero-order chi connectivity index (χ0) is 13.2. The summed E-state index contributed by atoms with van der Waals surface area (Å²) in [5.74, 6) is 0.734. The molecule has 3 nitrogen and oxygen atoms in total. The summed E-state index contributed by atoms with van der Waals surface area (Å²) >= 11 is 0. The van der Waals surface area contributed by atoms with Gasteiger partial charge in [-0.1, -0.05) is 20.8 Å². The van der Waals surface area contributed by atoms with Gasteiger partial charge in [-0.15, -0.1) is 0 Å². The lowest BCUT2D eigenvalue weighted by Crippen LogP contribution is -2.58. The van der Waals surface area contributed by atoms with E-state index < -0.39 is 0 Å². The van der Waals surface area contributed by atoms with Crippen molar-refractivity contribution in [3.8, 4) is 0 Å². The zero-order valence-corrected chi connectivity index (χ0v) is 12.1. The standard InChI is InChI=1S/C15H28N2O/c1-4-15(8-6-9-15)17-13(18)14(2,3)12-7-5-10-16-11-12/h12,16H,4-11H2,1-3H3,(H,17,18). The molecule has 2 N–H and O–H groups in total. The number of rotatable bonds is 4. The normalized spacial score (nSPS) is 27.4. The first kappa shape index (κ1) is 13.9. The van der Waals surface area contributed by atoms with Gasteiger partial charge in [-0.2, -0.15) is 0 Å². The first-order chi connectivity index (χ1) is 8.50. The van der Waals surface area contributed by atoms with Crippen LogP contribution in [0.3, 0.4) is 0 Å². The topological polar surface area (TPSA) is 41.1 Å². The molecule has 1 unspecified atom stereocenters. The van der Waals surface area contributed by atoms with Gasteiger partial charge >= 0.3 is 0 Å². The van der Waals surface area contributed by atoms with Crippen LogP contribution in [0.1, 0.15) is 59.3 Å². The third-order valence-corrected chi connectivity index (χ3v) is 5.27. The van der Waals surface area contributed by atoms with Gasteiger partial charge in [-0.3, -0.25) is 4.79 Å². The summed E-state index contributed by atoms with van der Waals surface area (Å²) in [5, 5.41) is 6.77. The van der Waals surface area contributed by atoms with Crippen LogP contribution in [-0.2, 0) is 4.79 Å². The molecule has 1 saturated carbocycles. The summed E-state index contributed by atoms with van der Waals surface area (Å²) in [6, 6.07) is 0. The highest BCUT2D eigenvalue weighted by atomic mass is 16.2. The smallest absolute Gasteiger partial charge is 0.226 e. The third-order valence-electron chi connectivity index (χ3n) is 5.27. The highest BCUT2D eigenvalue weighted by Crippen LogP contribution is 2.38. The van der Waals surface area contributed by atoms with Crippen LogP contribution in [0.4, 0.5) is 0 Å². The minimum absolute atomic E-state index is 0.121. The van der Waals surface area contributed by atoms with Crippen molar-refractivity contribution >= 4 is 5.91 Å². The van der Waals surface area contributed by atoms with Gasteiger partial charge in [0.2, 0.25) is 5.91 Å². The predicted octanol–water partition coefficient (Wildman–Crippen LogP) is 2.46. The fourth-order valence-electron chi connectivity index (χ4n) is 3.23. The number of nitrogens with one attached hydrogen (secondary N) is 2. The van der Waals surface area contributed by atoms with Crippen molar-refractivity contribution in [2.24, 2.45) is 11.3 Å². The summed E-state index contributed by atoms with van der Waals surface area (Å²) in [6.45, 7) is 8.51. The Morgan fingerprint density at radius 1 is 1.39 bits per heavy atom. The molecule has 0 aromatic rings. The monoisotopic (exact) mass is 252 g/mol. The van der Waals surface area contributed by atoms with Gasteiger partial charge in [0.05, 0.1) is 0 Å². The van der Waals surface area contributed by atoms with E-state index >= 15 is 0 Å². The SMILES string of the molecule is CCC1(NC(=O)C(C)(C)C2CCCNC2)CCC1. The van der Waals surface area contributed by atoms with E-state index in [-0.39, 0.29) is 16.9 Å². The van der Waals surface area contributed by atoms with Gasteiger partial charge in [0.15, 0.2) is 0 Å². The number of hydrogen-bond donors (Lipinski definition) is 2. The van der Waals surface area contributed by atoms with Gasteiger partial charge in [-0.05, 0) is 57.5 Å². The maximum Gasteiger partial charge on any atom is 0.226 e. The van der Waals surface area contributed by atoms with Gasteiger partial charge in [0.1, 0.15) is 0 Å². The molecule has 2 rings (SSSR count). The lowest BCUT2D eigenvalue weighted by Gasteiger charge is -2.45. The average Bonchev–Trinajstić information content (AvgIpc) is 2.34. The van der Waals surface area contributed by atoms with Gasteiger partial charge < -0.3 is 10.6 Å². The Balaban J connectivity index is 1.97. The van der Waals surface area contributed by atoms with Crippen molar-refractivity contribution in [3.05, 3.63) is 0 Å². The summed E-state index contributed by atoms with van der Waals surface area (Å²) in [4.78, 5) is 12.6. The number of carbonyl (C=O) groups is 1. The van der Waals surface area contributed by atoms with Crippen molar-refractivity contribution in [3.63, 3.8) is 0 Å². The Labute approximate surface area is 111 Å². The number of hydrogen-bond acceptors (Lipinski definition) is 2. The van der Waals surface area contributed by atoms with Crippen LogP contribution in [0.5, 0.6) is 0 Å². The van der Waals surface area contributed by atoms with Crippen molar-refractivity contribution < 1.29 is 4.79 Å². The fraction of sp³-hybridized carbons (Fsp3) is 0.933. The molecule has 1 amide bonds. The lowest BCUT2D eigenvalue weighted by atomic mass is 9.71. The predicted molar refractivity (Wildman–Crippen MR) is 74.4 cm³/mol. The van der Waals surface area contributed by atoms with E-state index in [9.17, 15) is 4.79 Å². The maximum atomic E-state index is 12.6. The first-order valence-corrected chi connectivity index (χ1v) is 7.53. The Kier molecular flexibility index (Phi) is 4.00. The molecule has 0 radical (unpaired) electrons. The van der Waals surface area contributed by atoms with E-state index in [2.05, 4.69) is 31.4 Å². The van der Waals surface area contributed by atoms with Crippen LogP contribution in [0.25, 0.3) is 0 Å². The molecule has 1 atom stereocenters. The molecule has 3 heteroatoms. The molecule has 1 saturated heterocycles. The van der Waals surface area contributed by atoms with Crippen LogP contribution in [0, 0.1) is 11.3 Å². The molecule has 1 aliphatic carbocycles. The maximum absolute atomic E-state index is 12.6. The Morgan fingerprint density at radius 2 is 2.11 bits per heavy atom. The molecular weight excluding hydrogens is 224 g/mol. The molecule has 0 spiro atoms. The molecular formula is C15H28N2O. The summed E-state index contributed by atoms with van der Waals surface area (Å²) in [5.41, 5.74) is -0.123. The molecule has 0 aromatic heterocycles. The molecule has 18 heavy (non-hydrogen) atoms. The van der Waals surface area contributed by atoms with E-state index in [1.165, 1.54) is 19.3 Å². The molecule has 0 aromatic carbocycles. The fourth-order valence-corrected chi connectivity index (χ4v) is 3.23. The second-order valence-electron chi connectivity index (χ2n) is 6.71. The highest BCUT2D eigenvalue weighted by molar-refractivity contribution is 5.83. The minimum atomic E-state index is -0.245. The second-order valence-corrected chi connectivity index (χ2v) is 6.71. The minimum Gasteiger partial charge on any atom is -0.350 e. The van der Waals surface area contributed by atoms with E-state index in [4.69, 9.17) is 0 Å². The van der Waals surface area contributed by atoms with Gasteiger partial charge in [-0.25, -0.2) is 0 Å². The zero-order valence-electron chi connectivity index (χ0n) is 12.1.